The van der Waals surface area contributed by atoms with E-state index in [2.05, 4.69) is 9.97 Å². The van der Waals surface area contributed by atoms with E-state index >= 15 is 0 Å². The van der Waals surface area contributed by atoms with Crippen molar-refractivity contribution in [1.29, 1.82) is 0 Å². The standard InChI is InChI=1S/C19H20N2O3/c1-14(22)23-11-5-2-6-12-24-15-9-10-18-19(13-15)21-17-8-4-3-7-16(17)20-18/h3-4,7-10,13H,2,5-6,11-12H2,1H3. The van der Waals surface area contributed by atoms with Gasteiger partial charge in [-0.2, -0.15) is 0 Å². The molecule has 0 N–H and O–H groups in total. The maximum absolute atomic E-state index is 10.6. The molecule has 0 fully saturated rings. The molecular formula is C19H20N2O3. The summed E-state index contributed by atoms with van der Waals surface area (Å²) in [4.78, 5) is 19.9. The zero-order chi connectivity index (χ0) is 16.8. The average molecular weight is 324 g/mol. The molecule has 0 unspecified atom stereocenters. The second-order valence-electron chi connectivity index (χ2n) is 5.61. The van der Waals surface area contributed by atoms with Gasteiger partial charge < -0.3 is 9.47 Å². The van der Waals surface area contributed by atoms with Crippen LogP contribution in [0.4, 0.5) is 0 Å². The molecule has 5 heteroatoms. The quantitative estimate of drug-likeness (QED) is 0.375. The number of fused-ring (bicyclic) bond motifs is 2. The van der Waals surface area contributed by atoms with Crippen LogP contribution in [0.1, 0.15) is 26.2 Å². The maximum atomic E-state index is 10.6. The number of carbonyl (C=O) groups excluding carboxylic acids is 1. The SMILES string of the molecule is CC(=O)OCCCCCOc1ccc2nc3ccccc3nc2c1. The summed E-state index contributed by atoms with van der Waals surface area (Å²) < 4.78 is 10.7. The van der Waals surface area contributed by atoms with Gasteiger partial charge >= 0.3 is 5.97 Å². The van der Waals surface area contributed by atoms with Crippen LogP contribution in [0.3, 0.4) is 0 Å². The highest BCUT2D eigenvalue weighted by molar-refractivity contribution is 5.86. The first-order chi connectivity index (χ1) is 11.7. The Kier molecular flexibility index (Phi) is 5.21. The van der Waals surface area contributed by atoms with Gasteiger partial charge in [-0.25, -0.2) is 9.97 Å². The Balaban J connectivity index is 1.55. The summed E-state index contributed by atoms with van der Waals surface area (Å²) in [6, 6.07) is 13.6. The second-order valence-corrected chi connectivity index (χ2v) is 5.61. The van der Waals surface area contributed by atoms with Crippen molar-refractivity contribution >= 4 is 28.0 Å². The van der Waals surface area contributed by atoms with Gasteiger partial charge in [0.05, 0.1) is 35.3 Å². The predicted octanol–water partition coefficient (Wildman–Crippen LogP) is 3.90. The third-order valence-corrected chi connectivity index (χ3v) is 3.67. The van der Waals surface area contributed by atoms with E-state index in [1.807, 2.05) is 42.5 Å². The molecule has 0 aliphatic carbocycles. The molecule has 0 aliphatic heterocycles. The molecule has 0 radical (unpaired) electrons. The molecule has 0 saturated carbocycles. The minimum atomic E-state index is -0.226. The van der Waals surface area contributed by atoms with Gasteiger partial charge in [-0.05, 0) is 43.5 Å². The van der Waals surface area contributed by atoms with Crippen molar-refractivity contribution in [2.45, 2.75) is 26.2 Å². The Hall–Kier alpha value is -2.69. The van der Waals surface area contributed by atoms with Crippen molar-refractivity contribution < 1.29 is 14.3 Å². The molecule has 1 heterocycles. The number of carbonyl (C=O) groups is 1. The zero-order valence-electron chi connectivity index (χ0n) is 13.7. The first-order valence-corrected chi connectivity index (χ1v) is 8.15. The van der Waals surface area contributed by atoms with E-state index in [9.17, 15) is 4.79 Å². The van der Waals surface area contributed by atoms with E-state index < -0.39 is 0 Å². The number of rotatable bonds is 7. The molecule has 0 bridgehead atoms. The lowest BCUT2D eigenvalue weighted by molar-refractivity contribution is -0.141. The van der Waals surface area contributed by atoms with Crippen LogP contribution in [0.5, 0.6) is 5.75 Å². The molecule has 3 aromatic rings. The maximum Gasteiger partial charge on any atom is 0.302 e. The lowest BCUT2D eigenvalue weighted by Gasteiger charge is -2.07. The van der Waals surface area contributed by atoms with Crippen molar-refractivity contribution in [3.8, 4) is 5.75 Å². The summed E-state index contributed by atoms with van der Waals surface area (Å²) >= 11 is 0. The first kappa shape index (κ1) is 16.2. The van der Waals surface area contributed by atoms with Crippen LogP contribution in [0.2, 0.25) is 0 Å². The van der Waals surface area contributed by atoms with Crippen LogP contribution in [0.15, 0.2) is 42.5 Å². The highest BCUT2D eigenvalue weighted by atomic mass is 16.5. The molecule has 0 aliphatic rings. The fourth-order valence-corrected chi connectivity index (χ4v) is 2.48. The van der Waals surface area contributed by atoms with Crippen LogP contribution >= 0.6 is 0 Å². The van der Waals surface area contributed by atoms with Crippen molar-refractivity contribution in [2.75, 3.05) is 13.2 Å². The Morgan fingerprint density at radius 2 is 1.54 bits per heavy atom. The summed E-state index contributed by atoms with van der Waals surface area (Å²) in [5.41, 5.74) is 3.47. The summed E-state index contributed by atoms with van der Waals surface area (Å²) in [7, 11) is 0. The van der Waals surface area contributed by atoms with Gasteiger partial charge in [-0.15, -0.1) is 0 Å². The molecule has 0 saturated heterocycles. The summed E-state index contributed by atoms with van der Waals surface area (Å²) in [5.74, 6) is 0.572. The van der Waals surface area contributed by atoms with Crippen molar-refractivity contribution in [1.82, 2.24) is 9.97 Å². The lowest BCUT2D eigenvalue weighted by atomic mass is 10.2. The van der Waals surface area contributed by atoms with E-state index in [0.29, 0.717) is 13.2 Å². The highest BCUT2D eigenvalue weighted by Gasteiger charge is 2.03. The van der Waals surface area contributed by atoms with Gasteiger partial charge in [0.1, 0.15) is 5.75 Å². The van der Waals surface area contributed by atoms with Gasteiger partial charge in [0, 0.05) is 13.0 Å². The van der Waals surface area contributed by atoms with Crippen LogP contribution in [0.25, 0.3) is 22.1 Å². The van der Waals surface area contributed by atoms with Crippen LogP contribution < -0.4 is 4.74 Å². The Bertz CT molecular complexity index is 848. The van der Waals surface area contributed by atoms with E-state index in [1.54, 1.807) is 0 Å². The topological polar surface area (TPSA) is 61.3 Å². The summed E-state index contributed by atoms with van der Waals surface area (Å²) in [6.45, 7) is 2.54. The molecule has 0 spiro atoms. The highest BCUT2D eigenvalue weighted by Crippen LogP contribution is 2.21. The van der Waals surface area contributed by atoms with Crippen molar-refractivity contribution in [3.63, 3.8) is 0 Å². The number of benzene rings is 2. The number of esters is 1. The van der Waals surface area contributed by atoms with E-state index in [0.717, 1.165) is 47.1 Å². The van der Waals surface area contributed by atoms with Crippen LogP contribution in [-0.4, -0.2) is 29.2 Å². The smallest absolute Gasteiger partial charge is 0.302 e. The fourth-order valence-electron chi connectivity index (χ4n) is 2.48. The third kappa shape index (κ3) is 4.19. The Labute approximate surface area is 140 Å². The normalized spacial score (nSPS) is 10.9. The lowest BCUT2D eigenvalue weighted by Crippen LogP contribution is -2.02. The molecule has 5 nitrogen and oxygen atoms in total. The molecule has 3 rings (SSSR count). The number of hydrogen-bond donors (Lipinski definition) is 0. The monoisotopic (exact) mass is 324 g/mol. The van der Waals surface area contributed by atoms with Gasteiger partial charge in [-0.1, -0.05) is 12.1 Å². The van der Waals surface area contributed by atoms with Gasteiger partial charge in [0.2, 0.25) is 0 Å². The van der Waals surface area contributed by atoms with E-state index in [1.165, 1.54) is 6.92 Å². The predicted molar refractivity (Wildman–Crippen MR) is 93.0 cm³/mol. The third-order valence-electron chi connectivity index (χ3n) is 3.67. The number of ether oxygens (including phenoxy) is 2. The number of aromatic nitrogens is 2. The minimum Gasteiger partial charge on any atom is -0.494 e. The van der Waals surface area contributed by atoms with Crippen LogP contribution in [0, 0.1) is 0 Å². The van der Waals surface area contributed by atoms with Gasteiger partial charge in [0.25, 0.3) is 0 Å². The summed E-state index contributed by atoms with van der Waals surface area (Å²) in [6.07, 6.45) is 2.74. The summed E-state index contributed by atoms with van der Waals surface area (Å²) in [5, 5.41) is 0. The van der Waals surface area contributed by atoms with E-state index in [4.69, 9.17) is 9.47 Å². The molecule has 124 valence electrons. The van der Waals surface area contributed by atoms with Gasteiger partial charge in [-0.3, -0.25) is 4.79 Å². The van der Waals surface area contributed by atoms with Gasteiger partial charge in [0.15, 0.2) is 0 Å². The Morgan fingerprint density at radius 1 is 0.875 bits per heavy atom. The fraction of sp³-hybridized carbons (Fsp3) is 0.316. The zero-order valence-corrected chi connectivity index (χ0v) is 13.7. The molecule has 24 heavy (non-hydrogen) atoms. The molecule has 2 aromatic carbocycles. The first-order valence-electron chi connectivity index (χ1n) is 8.15. The van der Waals surface area contributed by atoms with Crippen LogP contribution in [-0.2, 0) is 9.53 Å². The number of para-hydroxylation sites is 2. The number of unbranched alkanes of at least 4 members (excludes halogenated alkanes) is 2. The molecule has 1 aromatic heterocycles. The number of hydrogen-bond acceptors (Lipinski definition) is 5. The van der Waals surface area contributed by atoms with Crippen molar-refractivity contribution in [3.05, 3.63) is 42.5 Å². The largest absolute Gasteiger partial charge is 0.494 e. The minimum absolute atomic E-state index is 0.226. The Morgan fingerprint density at radius 3 is 2.29 bits per heavy atom. The molecule has 0 atom stereocenters. The van der Waals surface area contributed by atoms with E-state index in [-0.39, 0.29) is 5.97 Å². The number of nitrogens with zero attached hydrogens (tertiary/aromatic N) is 2. The molecule has 0 amide bonds. The van der Waals surface area contributed by atoms with Crippen molar-refractivity contribution in [2.24, 2.45) is 0 Å². The second kappa shape index (κ2) is 7.73. The molecular weight excluding hydrogens is 304 g/mol. The average Bonchev–Trinajstić information content (AvgIpc) is 2.58.